The van der Waals surface area contributed by atoms with Crippen molar-refractivity contribution in [1.29, 1.82) is 0 Å². The lowest BCUT2D eigenvalue weighted by Crippen LogP contribution is -2.37. The SMILES string of the molecule is Cc1ccc(CCN2C[C@@H](C(=O)NCCCN3CCC(C)CC3)CC2=O)cc1. The van der Waals surface area contributed by atoms with Crippen LogP contribution in [0.4, 0.5) is 0 Å². The molecule has 1 atom stereocenters. The van der Waals surface area contributed by atoms with Gasteiger partial charge in [0.15, 0.2) is 0 Å². The summed E-state index contributed by atoms with van der Waals surface area (Å²) in [7, 11) is 0. The second-order valence-corrected chi connectivity index (χ2v) is 8.65. The number of nitrogens with one attached hydrogen (secondary N) is 1. The lowest BCUT2D eigenvalue weighted by Gasteiger charge is -2.30. The molecule has 154 valence electrons. The molecule has 0 aromatic heterocycles. The number of carbonyl (C=O) groups excluding carboxylic acids is 2. The lowest BCUT2D eigenvalue weighted by atomic mass is 9.99. The van der Waals surface area contributed by atoms with Gasteiger partial charge in [-0.2, -0.15) is 0 Å². The predicted molar refractivity (Wildman–Crippen MR) is 112 cm³/mol. The Labute approximate surface area is 169 Å². The zero-order valence-corrected chi connectivity index (χ0v) is 17.5. The van der Waals surface area contributed by atoms with E-state index in [2.05, 4.69) is 48.3 Å². The average molecular weight is 386 g/mol. The van der Waals surface area contributed by atoms with Crippen molar-refractivity contribution in [1.82, 2.24) is 15.1 Å². The van der Waals surface area contributed by atoms with E-state index in [-0.39, 0.29) is 17.7 Å². The smallest absolute Gasteiger partial charge is 0.225 e. The van der Waals surface area contributed by atoms with Crippen LogP contribution < -0.4 is 5.32 Å². The molecule has 2 aliphatic rings. The molecule has 2 aliphatic heterocycles. The van der Waals surface area contributed by atoms with E-state index < -0.39 is 0 Å². The summed E-state index contributed by atoms with van der Waals surface area (Å²) >= 11 is 0. The summed E-state index contributed by atoms with van der Waals surface area (Å²) in [5, 5.41) is 3.05. The largest absolute Gasteiger partial charge is 0.356 e. The maximum atomic E-state index is 12.4. The summed E-state index contributed by atoms with van der Waals surface area (Å²) in [6.07, 6.45) is 4.75. The number of benzene rings is 1. The number of carbonyl (C=O) groups is 2. The molecule has 0 radical (unpaired) electrons. The Kier molecular flexibility index (Phi) is 7.49. The Balaban J connectivity index is 1.33. The van der Waals surface area contributed by atoms with Crippen LogP contribution in [0.15, 0.2) is 24.3 Å². The third-order valence-corrected chi connectivity index (χ3v) is 6.20. The second kappa shape index (κ2) is 10.1. The Bertz CT molecular complexity index is 650. The fourth-order valence-electron chi connectivity index (χ4n) is 4.13. The van der Waals surface area contributed by atoms with Gasteiger partial charge in [-0.3, -0.25) is 9.59 Å². The van der Waals surface area contributed by atoms with E-state index in [9.17, 15) is 9.59 Å². The van der Waals surface area contributed by atoms with Crippen LogP contribution in [0.2, 0.25) is 0 Å². The predicted octanol–water partition coefficient (Wildman–Crippen LogP) is 2.62. The van der Waals surface area contributed by atoms with E-state index in [0.29, 0.717) is 26.1 Å². The molecule has 0 bridgehead atoms. The summed E-state index contributed by atoms with van der Waals surface area (Å²) in [6, 6.07) is 8.43. The number of hydrogen-bond donors (Lipinski definition) is 1. The highest BCUT2D eigenvalue weighted by Crippen LogP contribution is 2.19. The molecular formula is C23H35N3O2. The monoisotopic (exact) mass is 385 g/mol. The van der Waals surface area contributed by atoms with Crippen molar-refractivity contribution in [3.8, 4) is 0 Å². The van der Waals surface area contributed by atoms with Crippen molar-refractivity contribution < 1.29 is 9.59 Å². The van der Waals surface area contributed by atoms with E-state index in [1.54, 1.807) is 0 Å². The van der Waals surface area contributed by atoms with Crippen molar-refractivity contribution in [3.63, 3.8) is 0 Å². The topological polar surface area (TPSA) is 52.7 Å². The second-order valence-electron chi connectivity index (χ2n) is 8.65. The minimum Gasteiger partial charge on any atom is -0.356 e. The summed E-state index contributed by atoms with van der Waals surface area (Å²) in [6.45, 7) is 9.77. The Morgan fingerprint density at radius 3 is 2.57 bits per heavy atom. The van der Waals surface area contributed by atoms with Gasteiger partial charge >= 0.3 is 0 Å². The first kappa shape index (κ1) is 20.8. The maximum absolute atomic E-state index is 12.4. The normalized spacial score (nSPS) is 21.3. The van der Waals surface area contributed by atoms with Gasteiger partial charge in [-0.1, -0.05) is 36.8 Å². The highest BCUT2D eigenvalue weighted by molar-refractivity contribution is 5.89. The first-order valence-corrected chi connectivity index (χ1v) is 10.8. The number of aryl methyl sites for hydroxylation is 1. The number of piperidine rings is 1. The number of rotatable bonds is 8. The molecule has 3 rings (SSSR count). The van der Waals surface area contributed by atoms with Gasteiger partial charge in [-0.15, -0.1) is 0 Å². The maximum Gasteiger partial charge on any atom is 0.225 e. The number of amides is 2. The molecule has 0 saturated carbocycles. The first-order chi connectivity index (χ1) is 13.5. The number of hydrogen-bond acceptors (Lipinski definition) is 3. The quantitative estimate of drug-likeness (QED) is 0.700. The van der Waals surface area contributed by atoms with Crippen LogP contribution in [-0.2, 0) is 16.0 Å². The molecule has 0 unspecified atom stereocenters. The Morgan fingerprint density at radius 2 is 1.86 bits per heavy atom. The molecule has 2 fully saturated rings. The molecule has 0 spiro atoms. The van der Waals surface area contributed by atoms with Gasteiger partial charge < -0.3 is 15.1 Å². The number of nitrogens with zero attached hydrogens (tertiary/aromatic N) is 2. The molecule has 0 aliphatic carbocycles. The van der Waals surface area contributed by atoms with Crippen LogP contribution in [0.5, 0.6) is 0 Å². The van der Waals surface area contributed by atoms with Crippen LogP contribution in [0.3, 0.4) is 0 Å². The molecule has 1 N–H and O–H groups in total. The van der Waals surface area contributed by atoms with Crippen LogP contribution >= 0.6 is 0 Å². The van der Waals surface area contributed by atoms with Gasteiger partial charge in [-0.05, 0) is 63.7 Å². The fourth-order valence-corrected chi connectivity index (χ4v) is 4.13. The third-order valence-electron chi connectivity index (χ3n) is 6.20. The van der Waals surface area contributed by atoms with Crippen LogP contribution in [0.1, 0.15) is 43.7 Å². The first-order valence-electron chi connectivity index (χ1n) is 10.8. The van der Waals surface area contributed by atoms with Gasteiger partial charge in [0.05, 0.1) is 5.92 Å². The van der Waals surface area contributed by atoms with E-state index in [4.69, 9.17) is 0 Å². The molecular weight excluding hydrogens is 350 g/mol. The van der Waals surface area contributed by atoms with Gasteiger partial charge in [0.25, 0.3) is 0 Å². The van der Waals surface area contributed by atoms with E-state index in [1.165, 1.54) is 37.1 Å². The van der Waals surface area contributed by atoms with Crippen molar-refractivity contribution in [2.24, 2.45) is 11.8 Å². The Hall–Kier alpha value is -1.88. The zero-order valence-electron chi connectivity index (χ0n) is 17.5. The lowest BCUT2D eigenvalue weighted by molar-refractivity contribution is -0.129. The van der Waals surface area contributed by atoms with Crippen LogP contribution in [-0.4, -0.2) is 60.9 Å². The molecule has 1 aromatic rings. The van der Waals surface area contributed by atoms with Crippen molar-refractivity contribution >= 4 is 11.8 Å². The molecule has 5 nitrogen and oxygen atoms in total. The van der Waals surface area contributed by atoms with Crippen molar-refractivity contribution in [2.75, 3.05) is 39.3 Å². The van der Waals surface area contributed by atoms with Gasteiger partial charge in [0.2, 0.25) is 11.8 Å². The van der Waals surface area contributed by atoms with Crippen LogP contribution in [0.25, 0.3) is 0 Å². The summed E-state index contributed by atoms with van der Waals surface area (Å²) in [5.41, 5.74) is 2.48. The molecule has 2 heterocycles. The van der Waals surface area contributed by atoms with Gasteiger partial charge in [-0.25, -0.2) is 0 Å². The van der Waals surface area contributed by atoms with Gasteiger partial charge in [0.1, 0.15) is 0 Å². The number of likely N-dealkylation sites (tertiary alicyclic amines) is 2. The summed E-state index contributed by atoms with van der Waals surface area (Å²) < 4.78 is 0. The van der Waals surface area contributed by atoms with Gasteiger partial charge in [0, 0.05) is 26.1 Å². The molecule has 28 heavy (non-hydrogen) atoms. The van der Waals surface area contributed by atoms with E-state index in [0.717, 1.165) is 25.3 Å². The van der Waals surface area contributed by atoms with Crippen molar-refractivity contribution in [3.05, 3.63) is 35.4 Å². The highest BCUT2D eigenvalue weighted by Gasteiger charge is 2.33. The summed E-state index contributed by atoms with van der Waals surface area (Å²) in [4.78, 5) is 29.0. The Morgan fingerprint density at radius 1 is 1.14 bits per heavy atom. The highest BCUT2D eigenvalue weighted by atomic mass is 16.2. The zero-order chi connectivity index (χ0) is 19.9. The fraction of sp³-hybridized carbons (Fsp3) is 0.652. The van der Waals surface area contributed by atoms with E-state index >= 15 is 0 Å². The minimum absolute atomic E-state index is 0.0402. The molecule has 2 saturated heterocycles. The van der Waals surface area contributed by atoms with Crippen LogP contribution in [0, 0.1) is 18.8 Å². The van der Waals surface area contributed by atoms with E-state index in [1.807, 2.05) is 4.90 Å². The third kappa shape index (κ3) is 6.06. The van der Waals surface area contributed by atoms with Crippen molar-refractivity contribution in [2.45, 2.75) is 46.0 Å². The standard InChI is InChI=1S/C23H35N3O2/c1-18-4-6-20(7-5-18)10-15-26-17-21(16-22(26)27)23(28)24-11-3-12-25-13-8-19(2)9-14-25/h4-7,19,21H,3,8-17H2,1-2H3,(H,24,28)/t21-/m0/s1. The molecule has 2 amide bonds. The molecule has 5 heteroatoms. The minimum atomic E-state index is -0.193. The average Bonchev–Trinajstić information content (AvgIpc) is 3.07. The molecule has 1 aromatic carbocycles. The summed E-state index contributed by atoms with van der Waals surface area (Å²) in [5.74, 6) is 0.805.